The van der Waals surface area contributed by atoms with Crippen molar-refractivity contribution in [3.05, 3.63) is 58.6 Å². The second kappa shape index (κ2) is 7.04. The molecule has 0 atom stereocenters. The average Bonchev–Trinajstić information content (AvgIpc) is 2.49. The van der Waals surface area contributed by atoms with Crippen molar-refractivity contribution in [1.29, 1.82) is 0 Å². The summed E-state index contributed by atoms with van der Waals surface area (Å²) < 4.78 is 0.854. The third kappa shape index (κ3) is 4.43. The Morgan fingerprint density at radius 3 is 2.19 bits per heavy atom. The number of carbonyl (C=O) groups is 2. The second-order valence-electron chi connectivity index (χ2n) is 4.44. The van der Waals surface area contributed by atoms with Crippen molar-refractivity contribution < 1.29 is 9.59 Å². The molecule has 0 spiro atoms. The number of carbonyl (C=O) groups excluding carboxylic acids is 2. The quantitative estimate of drug-likeness (QED) is 0.877. The number of hydrogen-bond donors (Lipinski definition) is 2. The van der Waals surface area contributed by atoms with Gasteiger partial charge in [0.1, 0.15) is 0 Å². The van der Waals surface area contributed by atoms with Gasteiger partial charge in [-0.3, -0.25) is 9.59 Å². The summed E-state index contributed by atoms with van der Waals surface area (Å²) in [6.07, 6.45) is 0.432. The van der Waals surface area contributed by atoms with Gasteiger partial charge >= 0.3 is 0 Å². The van der Waals surface area contributed by atoms with Gasteiger partial charge in [0.05, 0.1) is 0 Å². The summed E-state index contributed by atoms with van der Waals surface area (Å²) in [6, 6.07) is 14.2. The minimum absolute atomic E-state index is 0.0408. The van der Waals surface area contributed by atoms with Crippen LogP contribution in [0, 0.1) is 0 Å². The van der Waals surface area contributed by atoms with E-state index in [1.165, 1.54) is 0 Å². The molecule has 2 aromatic carbocycles. The molecule has 5 heteroatoms. The molecule has 2 amide bonds. The maximum absolute atomic E-state index is 12.1. The third-order valence-corrected chi connectivity index (χ3v) is 3.33. The van der Waals surface area contributed by atoms with E-state index in [0.29, 0.717) is 23.4 Å². The lowest BCUT2D eigenvalue weighted by atomic mass is 10.2. The molecular weight excluding hydrogens is 332 g/mol. The Bertz CT molecular complexity index is 654. The molecule has 0 fully saturated rings. The highest BCUT2D eigenvalue weighted by atomic mass is 79.9. The van der Waals surface area contributed by atoms with Gasteiger partial charge in [0.2, 0.25) is 5.91 Å². The van der Waals surface area contributed by atoms with E-state index in [2.05, 4.69) is 26.6 Å². The molecule has 0 bridgehead atoms. The minimum atomic E-state index is -0.179. The van der Waals surface area contributed by atoms with Crippen LogP contribution in [0.25, 0.3) is 0 Å². The molecule has 108 valence electrons. The van der Waals surface area contributed by atoms with E-state index < -0.39 is 0 Å². The molecule has 0 aliphatic rings. The summed E-state index contributed by atoms with van der Waals surface area (Å²) in [4.78, 5) is 23.3. The predicted octanol–water partition coefficient (Wildman–Crippen LogP) is 4.05. The molecule has 0 aromatic heterocycles. The molecule has 0 aliphatic carbocycles. The Labute approximate surface area is 131 Å². The van der Waals surface area contributed by atoms with Crippen LogP contribution < -0.4 is 10.6 Å². The van der Waals surface area contributed by atoms with Gasteiger partial charge < -0.3 is 10.6 Å². The molecule has 0 saturated carbocycles. The fourth-order valence-corrected chi connectivity index (χ4v) is 2.12. The largest absolute Gasteiger partial charge is 0.326 e. The van der Waals surface area contributed by atoms with Crippen LogP contribution in [0.15, 0.2) is 53.0 Å². The first kappa shape index (κ1) is 15.3. The Kier molecular flexibility index (Phi) is 5.11. The molecule has 0 saturated heterocycles. The molecule has 2 rings (SSSR count). The fraction of sp³-hybridized carbons (Fsp3) is 0.125. The zero-order valence-corrected chi connectivity index (χ0v) is 13.1. The summed E-state index contributed by atoms with van der Waals surface area (Å²) in [5, 5.41) is 5.56. The van der Waals surface area contributed by atoms with Crippen molar-refractivity contribution in [3.8, 4) is 0 Å². The van der Waals surface area contributed by atoms with Gasteiger partial charge in [-0.15, -0.1) is 0 Å². The summed E-state index contributed by atoms with van der Waals surface area (Å²) in [7, 11) is 0. The first-order chi connectivity index (χ1) is 10.1. The summed E-state index contributed by atoms with van der Waals surface area (Å²) >= 11 is 3.33. The van der Waals surface area contributed by atoms with E-state index in [1.54, 1.807) is 43.3 Å². The minimum Gasteiger partial charge on any atom is -0.326 e. The molecule has 2 aromatic rings. The molecular formula is C16H15BrN2O2. The Balaban J connectivity index is 2.03. The highest BCUT2D eigenvalue weighted by Gasteiger charge is 2.06. The van der Waals surface area contributed by atoms with Crippen molar-refractivity contribution in [2.75, 3.05) is 10.6 Å². The second-order valence-corrected chi connectivity index (χ2v) is 5.36. The number of amides is 2. The molecule has 0 aliphatic heterocycles. The van der Waals surface area contributed by atoms with Crippen molar-refractivity contribution in [2.24, 2.45) is 0 Å². The van der Waals surface area contributed by atoms with E-state index in [0.717, 1.165) is 4.47 Å². The van der Waals surface area contributed by atoms with Crippen LogP contribution in [0.2, 0.25) is 0 Å². The summed E-state index contributed by atoms with van der Waals surface area (Å²) in [6.45, 7) is 1.79. The predicted molar refractivity (Wildman–Crippen MR) is 87.5 cm³/mol. The third-order valence-electron chi connectivity index (χ3n) is 2.83. The van der Waals surface area contributed by atoms with Crippen molar-refractivity contribution in [2.45, 2.75) is 13.3 Å². The summed E-state index contributed by atoms with van der Waals surface area (Å²) in [5.41, 5.74) is 1.96. The first-order valence-corrected chi connectivity index (χ1v) is 7.34. The molecule has 0 heterocycles. The van der Waals surface area contributed by atoms with Gasteiger partial charge in [0.15, 0.2) is 0 Å². The van der Waals surface area contributed by atoms with Gasteiger partial charge in [-0.2, -0.15) is 0 Å². The van der Waals surface area contributed by atoms with E-state index in [4.69, 9.17) is 0 Å². The number of rotatable bonds is 4. The zero-order valence-electron chi connectivity index (χ0n) is 11.5. The smallest absolute Gasteiger partial charge is 0.255 e. The van der Waals surface area contributed by atoms with Gasteiger partial charge in [-0.1, -0.05) is 28.9 Å². The molecule has 4 nitrogen and oxygen atoms in total. The maximum atomic E-state index is 12.1. The van der Waals surface area contributed by atoms with Crippen LogP contribution in [0.3, 0.4) is 0 Å². The van der Waals surface area contributed by atoms with Crippen LogP contribution >= 0.6 is 15.9 Å². The van der Waals surface area contributed by atoms with Gasteiger partial charge in [-0.05, 0) is 42.5 Å². The molecule has 0 unspecified atom stereocenters. The van der Waals surface area contributed by atoms with E-state index in [-0.39, 0.29) is 11.8 Å². The van der Waals surface area contributed by atoms with Gasteiger partial charge in [0.25, 0.3) is 5.91 Å². The number of benzene rings is 2. The standard InChI is InChI=1S/C16H15BrN2O2/c1-2-15(20)18-13-6-8-14(9-7-13)19-16(21)11-4-3-5-12(17)10-11/h3-10H,2H2,1H3,(H,18,20)(H,19,21). The topological polar surface area (TPSA) is 58.2 Å². The molecule has 2 N–H and O–H groups in total. The number of hydrogen-bond acceptors (Lipinski definition) is 2. The van der Waals surface area contributed by atoms with E-state index in [1.807, 2.05) is 12.1 Å². The highest BCUT2D eigenvalue weighted by molar-refractivity contribution is 9.10. The summed E-state index contributed by atoms with van der Waals surface area (Å²) in [5.74, 6) is -0.220. The Morgan fingerprint density at radius 1 is 1.00 bits per heavy atom. The Hall–Kier alpha value is -2.14. The number of anilines is 2. The lowest BCUT2D eigenvalue weighted by molar-refractivity contribution is -0.115. The van der Waals surface area contributed by atoms with Crippen LogP contribution in [0.5, 0.6) is 0 Å². The van der Waals surface area contributed by atoms with Crippen LogP contribution in [-0.2, 0) is 4.79 Å². The normalized spacial score (nSPS) is 10.0. The number of halogens is 1. The Morgan fingerprint density at radius 2 is 1.62 bits per heavy atom. The maximum Gasteiger partial charge on any atom is 0.255 e. The number of nitrogens with one attached hydrogen (secondary N) is 2. The lowest BCUT2D eigenvalue weighted by Gasteiger charge is -2.07. The van der Waals surface area contributed by atoms with E-state index in [9.17, 15) is 9.59 Å². The van der Waals surface area contributed by atoms with Crippen LogP contribution in [0.4, 0.5) is 11.4 Å². The van der Waals surface area contributed by atoms with Crippen LogP contribution in [0.1, 0.15) is 23.7 Å². The first-order valence-electron chi connectivity index (χ1n) is 6.55. The van der Waals surface area contributed by atoms with Crippen molar-refractivity contribution in [1.82, 2.24) is 0 Å². The highest BCUT2D eigenvalue weighted by Crippen LogP contribution is 2.16. The van der Waals surface area contributed by atoms with Crippen molar-refractivity contribution >= 4 is 39.1 Å². The fourth-order valence-electron chi connectivity index (χ4n) is 1.72. The average molecular weight is 347 g/mol. The zero-order chi connectivity index (χ0) is 15.2. The lowest BCUT2D eigenvalue weighted by Crippen LogP contribution is -2.12. The molecule has 0 radical (unpaired) electrons. The SMILES string of the molecule is CCC(=O)Nc1ccc(NC(=O)c2cccc(Br)c2)cc1. The van der Waals surface area contributed by atoms with Crippen LogP contribution in [-0.4, -0.2) is 11.8 Å². The van der Waals surface area contributed by atoms with E-state index >= 15 is 0 Å². The monoisotopic (exact) mass is 346 g/mol. The van der Waals surface area contributed by atoms with Gasteiger partial charge in [-0.25, -0.2) is 0 Å². The van der Waals surface area contributed by atoms with Gasteiger partial charge in [0, 0.05) is 27.8 Å². The van der Waals surface area contributed by atoms with Crippen molar-refractivity contribution in [3.63, 3.8) is 0 Å². The molecule has 21 heavy (non-hydrogen) atoms.